The average Bonchev–Trinajstić information content (AvgIpc) is 2.49. The lowest BCUT2D eigenvalue weighted by Gasteiger charge is -2.10. The van der Waals surface area contributed by atoms with Gasteiger partial charge in [0.2, 0.25) is 10.0 Å². The summed E-state index contributed by atoms with van der Waals surface area (Å²) in [6.45, 7) is 1.70. The number of anilines is 1. The van der Waals surface area contributed by atoms with E-state index in [0.717, 1.165) is 3.57 Å². The van der Waals surface area contributed by atoms with Gasteiger partial charge in [0.15, 0.2) is 0 Å². The Hall–Kier alpha value is -1.45. The van der Waals surface area contributed by atoms with Crippen molar-refractivity contribution in [3.8, 4) is 0 Å². The maximum atomic E-state index is 12.2. The highest BCUT2D eigenvalue weighted by molar-refractivity contribution is 14.1. The quantitative estimate of drug-likeness (QED) is 0.733. The number of hydrogen-bond acceptors (Lipinski definition) is 3. The molecule has 2 N–H and O–H groups in total. The van der Waals surface area contributed by atoms with E-state index in [-0.39, 0.29) is 10.8 Å². The van der Waals surface area contributed by atoms with Crippen LogP contribution in [-0.4, -0.2) is 21.4 Å². The van der Waals surface area contributed by atoms with E-state index in [9.17, 15) is 13.2 Å². The first-order chi connectivity index (χ1) is 10.3. The molecule has 0 atom stereocenters. The Bertz CT molecular complexity index is 819. The van der Waals surface area contributed by atoms with Gasteiger partial charge in [-0.25, -0.2) is 13.1 Å². The fourth-order valence-electron chi connectivity index (χ4n) is 1.91. The summed E-state index contributed by atoms with van der Waals surface area (Å²) in [5, 5.41) is 2.71. The van der Waals surface area contributed by atoms with Crippen molar-refractivity contribution in [2.75, 3.05) is 12.4 Å². The van der Waals surface area contributed by atoms with Gasteiger partial charge in [0.05, 0.1) is 4.90 Å². The van der Waals surface area contributed by atoms with Crippen LogP contribution in [0.15, 0.2) is 47.4 Å². The minimum Gasteiger partial charge on any atom is -0.322 e. The number of amides is 1. The Kier molecular flexibility index (Phi) is 5.20. The maximum Gasteiger partial charge on any atom is 0.255 e. The molecule has 0 aliphatic heterocycles. The first-order valence-corrected chi connectivity index (χ1v) is 9.01. The Morgan fingerprint density at radius 1 is 1.14 bits per heavy atom. The Morgan fingerprint density at radius 3 is 2.50 bits per heavy atom. The third kappa shape index (κ3) is 3.84. The molecule has 116 valence electrons. The zero-order valence-corrected chi connectivity index (χ0v) is 15.0. The van der Waals surface area contributed by atoms with Crippen molar-refractivity contribution in [3.05, 3.63) is 57.2 Å². The van der Waals surface area contributed by atoms with Crippen LogP contribution in [0.5, 0.6) is 0 Å². The highest BCUT2D eigenvalue weighted by Crippen LogP contribution is 2.20. The van der Waals surface area contributed by atoms with Crippen molar-refractivity contribution < 1.29 is 13.2 Å². The van der Waals surface area contributed by atoms with Crippen molar-refractivity contribution >= 4 is 44.2 Å². The van der Waals surface area contributed by atoms with Gasteiger partial charge in [-0.15, -0.1) is 0 Å². The van der Waals surface area contributed by atoms with Crippen molar-refractivity contribution in [3.63, 3.8) is 0 Å². The summed E-state index contributed by atoms with van der Waals surface area (Å²) in [6.07, 6.45) is 0. The molecule has 22 heavy (non-hydrogen) atoms. The fourth-order valence-corrected chi connectivity index (χ4v) is 3.45. The van der Waals surface area contributed by atoms with Crippen LogP contribution in [0, 0.1) is 10.5 Å². The van der Waals surface area contributed by atoms with E-state index in [0.29, 0.717) is 16.8 Å². The predicted molar refractivity (Wildman–Crippen MR) is 94.5 cm³/mol. The summed E-state index contributed by atoms with van der Waals surface area (Å²) >= 11 is 2.13. The lowest BCUT2D eigenvalue weighted by Crippen LogP contribution is -2.20. The molecule has 2 rings (SSSR count). The number of carbonyl (C=O) groups excluding carboxylic acids is 1. The minimum absolute atomic E-state index is 0.149. The monoisotopic (exact) mass is 430 g/mol. The van der Waals surface area contributed by atoms with Gasteiger partial charge < -0.3 is 5.32 Å². The van der Waals surface area contributed by atoms with Crippen molar-refractivity contribution in [1.29, 1.82) is 0 Å². The summed E-state index contributed by atoms with van der Waals surface area (Å²) in [4.78, 5) is 12.4. The minimum atomic E-state index is -3.56. The highest BCUT2D eigenvalue weighted by Gasteiger charge is 2.16. The molecular formula is C15H15IN2O3S. The number of rotatable bonds is 4. The number of aryl methyl sites for hydroxylation is 1. The second-order valence-corrected chi connectivity index (χ2v) is 7.75. The van der Waals surface area contributed by atoms with Crippen LogP contribution in [0.25, 0.3) is 0 Å². The molecule has 2 aromatic rings. The molecule has 5 nitrogen and oxygen atoms in total. The molecule has 0 spiro atoms. The summed E-state index contributed by atoms with van der Waals surface area (Å²) < 4.78 is 27.1. The van der Waals surface area contributed by atoms with Crippen LogP contribution < -0.4 is 10.0 Å². The van der Waals surface area contributed by atoms with Crippen molar-refractivity contribution in [2.24, 2.45) is 0 Å². The number of sulfonamides is 1. The van der Waals surface area contributed by atoms with Gasteiger partial charge in [-0.1, -0.05) is 12.1 Å². The summed E-state index contributed by atoms with van der Waals surface area (Å²) in [5.74, 6) is -0.282. The Labute approximate surface area is 143 Å². The molecular weight excluding hydrogens is 415 g/mol. The normalized spacial score (nSPS) is 11.2. The number of halogens is 1. The topological polar surface area (TPSA) is 75.3 Å². The molecule has 0 heterocycles. The summed E-state index contributed by atoms with van der Waals surface area (Å²) in [7, 11) is -2.21. The summed E-state index contributed by atoms with van der Waals surface area (Å²) in [5.41, 5.74) is 1.57. The highest BCUT2D eigenvalue weighted by atomic mass is 127. The second kappa shape index (κ2) is 6.76. The third-order valence-corrected chi connectivity index (χ3v) is 5.32. The zero-order chi connectivity index (χ0) is 16.3. The van der Waals surface area contributed by atoms with Crippen LogP contribution >= 0.6 is 22.6 Å². The molecule has 0 aliphatic rings. The maximum absolute atomic E-state index is 12.2. The van der Waals surface area contributed by atoms with Gasteiger partial charge in [-0.05, 0) is 72.5 Å². The molecule has 0 aromatic heterocycles. The Balaban J connectivity index is 2.31. The van der Waals surface area contributed by atoms with E-state index in [4.69, 9.17) is 0 Å². The van der Waals surface area contributed by atoms with Crippen LogP contribution in [0.4, 0.5) is 5.69 Å². The van der Waals surface area contributed by atoms with E-state index in [1.165, 1.54) is 13.1 Å². The van der Waals surface area contributed by atoms with Crippen LogP contribution in [0.1, 0.15) is 15.9 Å². The first kappa shape index (κ1) is 16.9. The van der Waals surface area contributed by atoms with Gasteiger partial charge in [0.1, 0.15) is 0 Å². The Morgan fingerprint density at radius 2 is 1.86 bits per heavy atom. The smallest absolute Gasteiger partial charge is 0.255 e. The lowest BCUT2D eigenvalue weighted by molar-refractivity contribution is 0.102. The molecule has 0 fully saturated rings. The number of carbonyl (C=O) groups is 1. The number of hydrogen-bond donors (Lipinski definition) is 2. The van der Waals surface area contributed by atoms with Crippen LogP contribution in [-0.2, 0) is 10.0 Å². The summed E-state index contributed by atoms with van der Waals surface area (Å²) in [6, 6.07) is 11.9. The van der Waals surface area contributed by atoms with Gasteiger partial charge >= 0.3 is 0 Å². The van der Waals surface area contributed by atoms with E-state index < -0.39 is 10.0 Å². The fraction of sp³-hybridized carbons (Fsp3) is 0.133. The van der Waals surface area contributed by atoms with Crippen LogP contribution in [0.3, 0.4) is 0 Å². The number of nitrogens with one attached hydrogen (secondary N) is 2. The lowest BCUT2D eigenvalue weighted by atomic mass is 10.2. The first-order valence-electron chi connectivity index (χ1n) is 6.44. The van der Waals surface area contributed by atoms with E-state index >= 15 is 0 Å². The van der Waals surface area contributed by atoms with Gasteiger partial charge in [-0.3, -0.25) is 4.79 Å². The molecule has 0 bridgehead atoms. The second-order valence-electron chi connectivity index (χ2n) is 4.65. The molecule has 0 unspecified atom stereocenters. The zero-order valence-electron chi connectivity index (χ0n) is 12.1. The molecule has 0 radical (unpaired) electrons. The van der Waals surface area contributed by atoms with E-state index in [1.54, 1.807) is 37.3 Å². The van der Waals surface area contributed by atoms with Gasteiger partial charge in [0.25, 0.3) is 5.91 Å². The van der Waals surface area contributed by atoms with Gasteiger partial charge in [0, 0.05) is 14.8 Å². The number of benzene rings is 2. The van der Waals surface area contributed by atoms with Crippen molar-refractivity contribution in [1.82, 2.24) is 4.72 Å². The molecule has 1 amide bonds. The molecule has 0 saturated heterocycles. The van der Waals surface area contributed by atoms with Crippen LogP contribution in [0.2, 0.25) is 0 Å². The van der Waals surface area contributed by atoms with E-state index in [1.807, 2.05) is 6.07 Å². The standard InChI is InChI=1S/C15H15IN2O3S/c1-10-6-7-13(9-14(10)22(20,21)17-2)18-15(19)11-4-3-5-12(16)8-11/h3-9,17H,1-2H3,(H,18,19). The predicted octanol–water partition coefficient (Wildman–Crippen LogP) is 2.76. The third-order valence-electron chi connectivity index (χ3n) is 3.09. The SMILES string of the molecule is CNS(=O)(=O)c1cc(NC(=O)c2cccc(I)c2)ccc1C. The largest absolute Gasteiger partial charge is 0.322 e. The molecule has 2 aromatic carbocycles. The molecule has 7 heteroatoms. The van der Waals surface area contributed by atoms with Crippen molar-refractivity contribution in [2.45, 2.75) is 11.8 Å². The average molecular weight is 430 g/mol. The molecule has 0 saturated carbocycles. The molecule has 0 aliphatic carbocycles. The van der Waals surface area contributed by atoms with Gasteiger partial charge in [-0.2, -0.15) is 0 Å². The van der Waals surface area contributed by atoms with E-state index in [2.05, 4.69) is 32.6 Å².